The summed E-state index contributed by atoms with van der Waals surface area (Å²) in [6, 6.07) is 8.11. The van der Waals surface area contributed by atoms with Crippen LogP contribution >= 0.6 is 22.9 Å². The van der Waals surface area contributed by atoms with Gasteiger partial charge in [0.1, 0.15) is 18.2 Å². The Morgan fingerprint density at radius 2 is 1.97 bits per heavy atom. The van der Waals surface area contributed by atoms with Crippen molar-refractivity contribution in [1.29, 1.82) is 0 Å². The van der Waals surface area contributed by atoms with Gasteiger partial charge in [0.05, 0.1) is 14.9 Å². The number of urea groups is 1. The number of nitrogens with two attached hydrogens (primary N) is 1. The van der Waals surface area contributed by atoms with E-state index in [1.165, 1.54) is 17.7 Å². The van der Waals surface area contributed by atoms with E-state index in [1.807, 2.05) is 18.2 Å². The fourth-order valence-corrected chi connectivity index (χ4v) is 4.10. The Balaban J connectivity index is 0.000000429. The number of nitrogens with zero attached hydrogens (tertiary/aromatic N) is 3. The molecule has 35 heavy (non-hydrogen) atoms. The summed E-state index contributed by atoms with van der Waals surface area (Å²) >= 11 is 7.11. The highest BCUT2D eigenvalue weighted by atomic mass is 35.5. The first-order valence-corrected chi connectivity index (χ1v) is 11.0. The van der Waals surface area contributed by atoms with Gasteiger partial charge in [-0.15, -0.1) is 11.3 Å². The molecule has 3 heterocycles. The Morgan fingerprint density at radius 1 is 1.26 bits per heavy atom. The Morgan fingerprint density at radius 3 is 2.60 bits per heavy atom. The van der Waals surface area contributed by atoms with E-state index in [2.05, 4.69) is 20.6 Å². The van der Waals surface area contributed by atoms with E-state index < -0.39 is 24.2 Å². The summed E-state index contributed by atoms with van der Waals surface area (Å²) in [6.45, 7) is 1.01. The maximum Gasteiger partial charge on any atom is 0.490 e. The Hall–Kier alpha value is -3.65. The molecule has 0 saturated carbocycles. The first kappa shape index (κ1) is 26.0. The molecule has 1 aliphatic rings. The maximum absolute atomic E-state index is 12.6. The second-order valence-electron chi connectivity index (χ2n) is 7.22. The van der Waals surface area contributed by atoms with Gasteiger partial charge in [0.2, 0.25) is 5.91 Å². The van der Waals surface area contributed by atoms with Gasteiger partial charge in [-0.3, -0.25) is 10.1 Å². The number of aromatic nitrogens is 2. The number of rotatable bonds is 4. The topological polar surface area (TPSA) is 151 Å². The lowest BCUT2D eigenvalue weighted by Crippen LogP contribution is -2.43. The van der Waals surface area contributed by atoms with E-state index in [1.54, 1.807) is 17.0 Å². The molecule has 5 N–H and O–H groups in total. The van der Waals surface area contributed by atoms with Crippen molar-refractivity contribution in [2.24, 2.45) is 0 Å². The molecule has 15 heteroatoms. The third kappa shape index (κ3) is 6.93. The highest BCUT2D eigenvalue weighted by molar-refractivity contribution is 7.20. The maximum atomic E-state index is 12.6. The lowest BCUT2D eigenvalue weighted by molar-refractivity contribution is -0.192. The lowest BCUT2D eigenvalue weighted by atomic mass is 10.1. The molecule has 0 spiro atoms. The third-order valence-corrected chi connectivity index (χ3v) is 5.91. The molecule has 0 radical (unpaired) electrons. The van der Waals surface area contributed by atoms with E-state index in [-0.39, 0.29) is 5.91 Å². The zero-order chi connectivity index (χ0) is 25.8. The smallest absolute Gasteiger partial charge is 0.475 e. The average molecular weight is 531 g/mol. The summed E-state index contributed by atoms with van der Waals surface area (Å²) in [4.78, 5) is 43.6. The fraction of sp³-hybridized carbons (Fsp3) is 0.250. The van der Waals surface area contributed by atoms with Crippen LogP contribution in [0.5, 0.6) is 0 Å². The van der Waals surface area contributed by atoms with Crippen molar-refractivity contribution in [2.75, 3.05) is 17.6 Å². The van der Waals surface area contributed by atoms with Crippen molar-refractivity contribution in [2.45, 2.75) is 25.2 Å². The number of carboxylic acids is 1. The zero-order valence-electron chi connectivity index (χ0n) is 17.7. The zero-order valence-corrected chi connectivity index (χ0v) is 19.2. The number of hydrogen-bond donors (Lipinski definition) is 4. The number of halogens is 4. The van der Waals surface area contributed by atoms with Crippen LogP contribution in [0.3, 0.4) is 0 Å². The monoisotopic (exact) mass is 530 g/mol. The Kier molecular flexibility index (Phi) is 7.96. The number of benzene rings is 1. The molecule has 0 bridgehead atoms. The number of nitrogens with one attached hydrogen (secondary N) is 2. The molecule has 1 atom stereocenters. The molecular formula is C20H18ClF3N6O4S. The van der Waals surface area contributed by atoms with Crippen molar-refractivity contribution >= 4 is 62.6 Å². The van der Waals surface area contributed by atoms with Crippen molar-refractivity contribution in [3.8, 4) is 0 Å². The van der Waals surface area contributed by atoms with Crippen molar-refractivity contribution in [3.05, 3.63) is 46.6 Å². The van der Waals surface area contributed by atoms with Gasteiger partial charge in [0, 0.05) is 18.5 Å². The van der Waals surface area contributed by atoms with Crippen LogP contribution in [0.2, 0.25) is 4.34 Å². The average Bonchev–Trinajstić information content (AvgIpc) is 3.33. The van der Waals surface area contributed by atoms with E-state index in [9.17, 15) is 22.8 Å². The minimum atomic E-state index is -5.08. The van der Waals surface area contributed by atoms with Crippen molar-refractivity contribution in [3.63, 3.8) is 0 Å². The number of nitrogen functional groups attached to an aromatic ring is 1. The fourth-order valence-electron chi connectivity index (χ4n) is 3.16. The summed E-state index contributed by atoms with van der Waals surface area (Å²) in [6.07, 6.45) is -3.11. The first-order valence-electron chi connectivity index (χ1n) is 9.85. The molecule has 1 saturated heterocycles. The van der Waals surface area contributed by atoms with Gasteiger partial charge in [0.25, 0.3) is 0 Å². The molecular weight excluding hydrogens is 513 g/mol. The summed E-state index contributed by atoms with van der Waals surface area (Å²) < 4.78 is 32.3. The van der Waals surface area contributed by atoms with Gasteiger partial charge in [-0.1, -0.05) is 17.7 Å². The molecule has 2 aromatic heterocycles. The van der Waals surface area contributed by atoms with Gasteiger partial charge in [-0.05, 0) is 36.2 Å². The summed E-state index contributed by atoms with van der Waals surface area (Å²) in [7, 11) is 0. The predicted octanol–water partition coefficient (Wildman–Crippen LogP) is 3.48. The molecule has 3 aromatic rings. The number of carbonyl (C=O) groups excluding carboxylic acids is 2. The van der Waals surface area contributed by atoms with Crippen LogP contribution in [0.15, 0.2) is 36.7 Å². The van der Waals surface area contributed by atoms with Gasteiger partial charge in [0.15, 0.2) is 0 Å². The number of anilines is 2. The molecule has 0 unspecified atom stereocenters. The van der Waals surface area contributed by atoms with E-state index in [4.69, 9.17) is 27.2 Å². The van der Waals surface area contributed by atoms with Gasteiger partial charge >= 0.3 is 18.2 Å². The van der Waals surface area contributed by atoms with Crippen LogP contribution in [0.4, 0.5) is 28.8 Å². The highest BCUT2D eigenvalue weighted by Crippen LogP contribution is 2.26. The number of fused-ring (bicyclic) bond motifs is 1. The molecule has 1 aromatic carbocycles. The van der Waals surface area contributed by atoms with Crippen LogP contribution in [0.1, 0.15) is 12.0 Å². The van der Waals surface area contributed by atoms with Gasteiger partial charge < -0.3 is 21.1 Å². The first-order chi connectivity index (χ1) is 16.4. The predicted molar refractivity (Wildman–Crippen MR) is 123 cm³/mol. The normalized spacial score (nSPS) is 15.5. The number of aliphatic carboxylic acids is 1. The number of carbonyl (C=O) groups is 3. The second kappa shape index (κ2) is 10.7. The molecule has 186 valence electrons. The van der Waals surface area contributed by atoms with E-state index in [0.29, 0.717) is 34.7 Å². The van der Waals surface area contributed by atoms with Crippen LogP contribution in [-0.2, 0) is 16.1 Å². The standard InChI is InChI=1S/C18H17ClN6O2S.C2HF3O2/c19-14-3-4-15(28-14)24-18(27)23-12-5-6-25(17(12)26)8-10-1-2-11-13(7-10)21-9-22-16(11)20;3-2(4,5)1(6)7/h1-4,7,9,12H,5-6,8H2,(H2,20,21,22)(H2,23,24,27);(H,6,7)/t12-;/m1./s1. The van der Waals surface area contributed by atoms with Crippen LogP contribution in [0.25, 0.3) is 10.9 Å². The molecule has 3 amide bonds. The molecule has 1 fully saturated rings. The van der Waals surface area contributed by atoms with E-state index >= 15 is 0 Å². The van der Waals surface area contributed by atoms with Crippen molar-refractivity contribution in [1.82, 2.24) is 20.2 Å². The number of amides is 3. The minimum absolute atomic E-state index is 0.110. The largest absolute Gasteiger partial charge is 0.490 e. The number of thiophene rings is 1. The highest BCUT2D eigenvalue weighted by Gasteiger charge is 2.38. The Labute approximate surface area is 204 Å². The summed E-state index contributed by atoms with van der Waals surface area (Å²) in [5.41, 5.74) is 7.52. The van der Waals surface area contributed by atoms with E-state index in [0.717, 1.165) is 16.5 Å². The summed E-state index contributed by atoms with van der Waals surface area (Å²) in [5, 5.41) is 13.9. The minimum Gasteiger partial charge on any atom is -0.475 e. The number of carboxylic acid groups (broad SMARTS) is 1. The number of likely N-dealkylation sites (tertiary alicyclic amines) is 1. The van der Waals surface area contributed by atoms with Gasteiger partial charge in [-0.25, -0.2) is 19.6 Å². The molecule has 4 rings (SSSR count). The SMILES string of the molecule is Nc1ncnc2cc(CN3CC[C@@H](NC(=O)Nc4ccc(Cl)s4)C3=O)ccc12.O=C(O)C(F)(F)F. The van der Waals surface area contributed by atoms with Crippen LogP contribution in [0, 0.1) is 0 Å². The number of alkyl halides is 3. The summed E-state index contributed by atoms with van der Waals surface area (Å²) in [5.74, 6) is -2.44. The molecule has 1 aliphatic heterocycles. The number of hydrogen-bond acceptors (Lipinski definition) is 7. The second-order valence-corrected chi connectivity index (χ2v) is 8.93. The lowest BCUT2D eigenvalue weighted by Gasteiger charge is -2.17. The molecule has 0 aliphatic carbocycles. The van der Waals surface area contributed by atoms with Gasteiger partial charge in [-0.2, -0.15) is 13.2 Å². The Bertz CT molecular complexity index is 1260. The quantitative estimate of drug-likeness (QED) is 0.403. The van der Waals surface area contributed by atoms with Crippen LogP contribution < -0.4 is 16.4 Å². The van der Waals surface area contributed by atoms with Crippen LogP contribution in [-0.4, -0.2) is 56.6 Å². The van der Waals surface area contributed by atoms with Crippen molar-refractivity contribution < 1.29 is 32.7 Å². The third-order valence-electron chi connectivity index (χ3n) is 4.76. The molecule has 10 nitrogen and oxygen atoms in total.